The third kappa shape index (κ3) is 14.9. The standard InChI is InChI=1S/C46H78N2O35/c1-10-21(55)28(62)31(65)42(73-10)72-9-18-37(26(60)19(40(70)74-18)47-11(2)53)80-41-20(48-12(3)54)27(61)36(16(7-52)78-41)81-45-34(68)38(24(58)15(6-51)77-45)83-46-35(69)39(82-44-33(67)30(64)23(57)14(5-50)76-44)25(59)17(79-46)8-71-43-32(66)29(63)22(56)13(4-49)75-43/h10,13-46,49-52,55-70H,4-9H2,1-3H3,(H,47,53)(H,48,54)/t10-,13+,14+,15+,16+,17+,18+,19+,20+,21+,22+,23+,24+,25+,26+,27+,28+,29-,30-,31-,32-,33-,34-,35-,36+,37+,38-,39-,40?,41-,42+,43-,44+,45-,46+/m0/s1. The Morgan fingerprint density at radius 1 is 0.337 bits per heavy atom. The van der Waals surface area contributed by atoms with Crippen LogP contribution in [0.2, 0.25) is 0 Å². The maximum absolute atomic E-state index is 12.8. The van der Waals surface area contributed by atoms with Crippen molar-refractivity contribution in [1.29, 1.82) is 0 Å². The van der Waals surface area contributed by atoms with E-state index in [1.165, 1.54) is 6.92 Å². The Morgan fingerprint density at radius 2 is 0.687 bits per heavy atom. The zero-order chi connectivity index (χ0) is 61.2. The quantitative estimate of drug-likeness (QED) is 0.0538. The minimum Gasteiger partial charge on any atom is -0.394 e. The normalized spacial score (nSPS) is 50.8. The number of aliphatic hydroxyl groups excluding tert-OH is 20. The lowest BCUT2D eigenvalue weighted by Gasteiger charge is -2.50. The Kier molecular flexibility index (Phi) is 24.0. The van der Waals surface area contributed by atoms with Crippen molar-refractivity contribution in [2.24, 2.45) is 0 Å². The first kappa shape index (κ1) is 68.1. The molecule has 35 atom stereocenters. The van der Waals surface area contributed by atoms with E-state index in [0.29, 0.717) is 0 Å². The van der Waals surface area contributed by atoms with Crippen LogP contribution in [0.5, 0.6) is 0 Å². The number of ether oxygens (including phenoxy) is 13. The molecule has 0 radical (unpaired) electrons. The highest BCUT2D eigenvalue weighted by molar-refractivity contribution is 5.73. The van der Waals surface area contributed by atoms with Gasteiger partial charge in [-0.25, -0.2) is 0 Å². The largest absolute Gasteiger partial charge is 0.394 e. The molecule has 2 amide bonds. The Hall–Kier alpha value is -2.38. The van der Waals surface area contributed by atoms with Gasteiger partial charge in [0.2, 0.25) is 11.8 Å². The van der Waals surface area contributed by atoms with Crippen molar-refractivity contribution >= 4 is 11.8 Å². The smallest absolute Gasteiger partial charge is 0.217 e. The molecule has 7 heterocycles. The highest BCUT2D eigenvalue weighted by Gasteiger charge is 2.58. The summed E-state index contributed by atoms with van der Waals surface area (Å²) in [6.45, 7) is -2.28. The summed E-state index contributed by atoms with van der Waals surface area (Å²) in [5.74, 6) is -1.64. The monoisotopic (exact) mass is 1220 g/mol. The van der Waals surface area contributed by atoms with E-state index in [9.17, 15) is 112 Å². The molecule has 22 N–H and O–H groups in total. The van der Waals surface area contributed by atoms with E-state index in [-0.39, 0.29) is 0 Å². The molecule has 37 nitrogen and oxygen atoms in total. The molecule has 7 aliphatic heterocycles. The summed E-state index contributed by atoms with van der Waals surface area (Å²) in [6.07, 6.45) is -63.0. The molecule has 7 aliphatic rings. The van der Waals surface area contributed by atoms with E-state index in [1.54, 1.807) is 0 Å². The first-order valence-electron chi connectivity index (χ1n) is 26.5. The van der Waals surface area contributed by atoms with Gasteiger partial charge in [-0.1, -0.05) is 0 Å². The lowest BCUT2D eigenvalue weighted by Crippen LogP contribution is -2.70. The molecule has 0 aromatic rings. The topological polar surface area (TPSA) is 583 Å². The Morgan fingerprint density at radius 3 is 1.19 bits per heavy atom. The van der Waals surface area contributed by atoms with Gasteiger partial charge in [0.15, 0.2) is 44.0 Å². The van der Waals surface area contributed by atoms with Crippen LogP contribution in [0.1, 0.15) is 20.8 Å². The molecule has 0 saturated carbocycles. The lowest BCUT2D eigenvalue weighted by molar-refractivity contribution is -0.392. The number of hydrogen-bond donors (Lipinski definition) is 22. The summed E-state index contributed by atoms with van der Waals surface area (Å²) in [7, 11) is 0. The molecule has 1 unspecified atom stereocenters. The van der Waals surface area contributed by atoms with Crippen LogP contribution in [0.3, 0.4) is 0 Å². The number of nitrogens with one attached hydrogen (secondary N) is 2. The Labute approximate surface area is 470 Å². The minimum atomic E-state index is -2.32. The highest BCUT2D eigenvalue weighted by atomic mass is 16.8. The zero-order valence-electron chi connectivity index (χ0n) is 44.5. The number of carbonyl (C=O) groups is 2. The molecule has 7 rings (SSSR count). The summed E-state index contributed by atoms with van der Waals surface area (Å²) in [4.78, 5) is 24.9. The predicted molar refractivity (Wildman–Crippen MR) is 254 cm³/mol. The van der Waals surface area contributed by atoms with Crippen LogP contribution in [0.15, 0.2) is 0 Å². The van der Waals surface area contributed by atoms with Crippen molar-refractivity contribution in [1.82, 2.24) is 10.6 Å². The van der Waals surface area contributed by atoms with Crippen LogP contribution in [-0.4, -0.2) is 368 Å². The Bertz CT molecular complexity index is 2040. The van der Waals surface area contributed by atoms with Crippen LogP contribution in [0, 0.1) is 0 Å². The van der Waals surface area contributed by atoms with E-state index in [0.717, 1.165) is 13.8 Å². The first-order chi connectivity index (χ1) is 39.2. The highest BCUT2D eigenvalue weighted by Crippen LogP contribution is 2.37. The van der Waals surface area contributed by atoms with Crippen molar-refractivity contribution in [2.75, 3.05) is 39.6 Å². The molecule has 0 aliphatic carbocycles. The van der Waals surface area contributed by atoms with Crippen molar-refractivity contribution in [3.63, 3.8) is 0 Å². The molecule has 0 aromatic heterocycles. The maximum Gasteiger partial charge on any atom is 0.217 e. The van der Waals surface area contributed by atoms with Crippen LogP contribution < -0.4 is 10.6 Å². The SMILES string of the molecule is CC(=O)N[C@H]1[C@H](O[C@H]2[C@H](O)[C@@H](NC(C)=O)C(O)O[C@@H]2CO[C@@H]2O[C@@H](C)[C@@H](O)[C@@H](O)[C@@H]2O)O[C@H](CO)[C@@H](O[C@@H]2O[C@H](CO)[C@@H](O)[C@H](O[C@H]3O[C@H](CO[C@H]4O[C@H](CO)[C@@H](O)[C@H](O)[C@@H]4O)[C@@H](O)[C@H](O[C@H]4O[C@H](CO)[C@@H](O)[C@H](O)[C@@H]4O)[C@@H]3O)[C@@H]2O)[C@@H]1O. The molecule has 7 saturated heterocycles. The van der Waals surface area contributed by atoms with Gasteiger partial charge in [0.25, 0.3) is 0 Å². The minimum absolute atomic E-state index is 0.748. The maximum atomic E-state index is 12.8. The van der Waals surface area contributed by atoms with Gasteiger partial charge in [0.1, 0.15) is 165 Å². The summed E-state index contributed by atoms with van der Waals surface area (Å²) < 4.78 is 74.4. The average Bonchev–Trinajstić information content (AvgIpc) is 3.20. The second-order valence-corrected chi connectivity index (χ2v) is 21.1. The Balaban J connectivity index is 1.12. The van der Waals surface area contributed by atoms with E-state index in [2.05, 4.69) is 10.6 Å². The molecule has 0 bridgehead atoms. The fraction of sp³-hybridized carbons (Fsp3) is 0.957. The third-order valence-corrected chi connectivity index (χ3v) is 15.3. The van der Waals surface area contributed by atoms with Crippen molar-refractivity contribution in [3.05, 3.63) is 0 Å². The van der Waals surface area contributed by atoms with Gasteiger partial charge in [-0.15, -0.1) is 0 Å². The van der Waals surface area contributed by atoms with Gasteiger partial charge < -0.3 is 174 Å². The molecule has 0 spiro atoms. The summed E-state index contributed by atoms with van der Waals surface area (Å²) in [5, 5.41) is 221. The van der Waals surface area contributed by atoms with Crippen LogP contribution in [-0.2, 0) is 71.2 Å². The van der Waals surface area contributed by atoms with Gasteiger partial charge in [0.05, 0.1) is 45.7 Å². The second-order valence-electron chi connectivity index (χ2n) is 21.1. The number of aliphatic hydroxyl groups is 20. The van der Waals surface area contributed by atoms with E-state index in [4.69, 9.17) is 61.6 Å². The third-order valence-electron chi connectivity index (χ3n) is 15.3. The molecule has 482 valence electrons. The van der Waals surface area contributed by atoms with Gasteiger partial charge in [-0.05, 0) is 6.92 Å². The van der Waals surface area contributed by atoms with Gasteiger partial charge in [-0.3, -0.25) is 9.59 Å². The van der Waals surface area contributed by atoms with Gasteiger partial charge in [-0.2, -0.15) is 0 Å². The first-order valence-corrected chi connectivity index (χ1v) is 26.5. The molecule has 7 fully saturated rings. The predicted octanol–water partition coefficient (Wildman–Crippen LogP) is -15.0. The van der Waals surface area contributed by atoms with Gasteiger partial charge in [0, 0.05) is 13.8 Å². The van der Waals surface area contributed by atoms with Gasteiger partial charge >= 0.3 is 0 Å². The van der Waals surface area contributed by atoms with Crippen LogP contribution in [0.4, 0.5) is 0 Å². The van der Waals surface area contributed by atoms with E-state index >= 15 is 0 Å². The van der Waals surface area contributed by atoms with E-state index < -0.39 is 266 Å². The molecular weight excluding hydrogens is 1140 g/mol. The number of carbonyl (C=O) groups excluding carboxylic acids is 2. The summed E-state index contributed by atoms with van der Waals surface area (Å²) in [6, 6.07) is -3.45. The molecular formula is C46H78N2O35. The van der Waals surface area contributed by atoms with Crippen molar-refractivity contribution < 1.29 is 173 Å². The fourth-order valence-corrected chi connectivity index (χ4v) is 10.5. The summed E-state index contributed by atoms with van der Waals surface area (Å²) in [5.41, 5.74) is 0. The number of rotatable bonds is 20. The van der Waals surface area contributed by atoms with Crippen LogP contribution >= 0.6 is 0 Å². The fourth-order valence-electron chi connectivity index (χ4n) is 10.5. The van der Waals surface area contributed by atoms with E-state index in [1.807, 2.05) is 0 Å². The van der Waals surface area contributed by atoms with Crippen molar-refractivity contribution in [2.45, 2.75) is 236 Å². The molecule has 37 heteroatoms. The lowest BCUT2D eigenvalue weighted by atomic mass is 9.93. The average molecular weight is 1220 g/mol. The molecule has 0 aromatic carbocycles. The van der Waals surface area contributed by atoms with Crippen LogP contribution in [0.25, 0.3) is 0 Å². The summed E-state index contributed by atoms with van der Waals surface area (Å²) >= 11 is 0. The van der Waals surface area contributed by atoms with Crippen molar-refractivity contribution in [3.8, 4) is 0 Å². The second kappa shape index (κ2) is 29.3. The number of amides is 2. The molecule has 83 heavy (non-hydrogen) atoms. The zero-order valence-corrected chi connectivity index (χ0v) is 44.5. The number of hydrogen-bond acceptors (Lipinski definition) is 35.